The lowest BCUT2D eigenvalue weighted by Crippen LogP contribution is -1.96. The molecule has 0 aliphatic carbocycles. The van der Waals surface area contributed by atoms with E-state index in [-0.39, 0.29) is 5.78 Å². The lowest BCUT2D eigenvalue weighted by Gasteiger charge is -2.03. The molecular formula is C22H19N3O2S. The highest BCUT2D eigenvalue weighted by molar-refractivity contribution is 7.22. The summed E-state index contributed by atoms with van der Waals surface area (Å²) >= 11 is 1.59. The highest BCUT2D eigenvalue weighted by Crippen LogP contribution is 2.32. The Balaban J connectivity index is 1.58. The van der Waals surface area contributed by atoms with Crippen molar-refractivity contribution < 1.29 is 9.53 Å². The normalized spacial score (nSPS) is 10.8. The molecular weight excluding hydrogens is 370 g/mol. The fraction of sp³-hybridized carbons (Fsp3) is 0.136. The van der Waals surface area contributed by atoms with E-state index in [4.69, 9.17) is 4.74 Å². The lowest BCUT2D eigenvalue weighted by molar-refractivity contribution is 0.0988. The van der Waals surface area contributed by atoms with Crippen molar-refractivity contribution in [2.24, 2.45) is 0 Å². The Morgan fingerprint density at radius 1 is 1.07 bits per heavy atom. The third-order valence-electron chi connectivity index (χ3n) is 4.45. The van der Waals surface area contributed by atoms with E-state index in [1.165, 1.54) is 0 Å². The van der Waals surface area contributed by atoms with Crippen LogP contribution in [-0.4, -0.2) is 22.9 Å². The van der Waals surface area contributed by atoms with Crippen molar-refractivity contribution in [2.45, 2.75) is 13.3 Å². The van der Waals surface area contributed by atoms with Crippen LogP contribution in [0.15, 0.2) is 60.9 Å². The Hall–Kier alpha value is -3.25. The third kappa shape index (κ3) is 3.73. The minimum Gasteiger partial charge on any atom is -0.495 e. The molecule has 0 fully saturated rings. The summed E-state index contributed by atoms with van der Waals surface area (Å²) in [6.07, 6.45) is 4.02. The summed E-state index contributed by atoms with van der Waals surface area (Å²) in [5, 5.41) is 4.13. The first-order valence-corrected chi connectivity index (χ1v) is 9.78. The molecule has 0 radical (unpaired) electrons. The average molecular weight is 389 g/mol. The quantitative estimate of drug-likeness (QED) is 0.428. The third-order valence-corrected chi connectivity index (χ3v) is 5.38. The van der Waals surface area contributed by atoms with Crippen molar-refractivity contribution >= 4 is 38.2 Å². The van der Waals surface area contributed by atoms with E-state index in [1.807, 2.05) is 55.6 Å². The largest absolute Gasteiger partial charge is 0.495 e. The van der Waals surface area contributed by atoms with E-state index in [0.29, 0.717) is 6.42 Å². The van der Waals surface area contributed by atoms with E-state index in [2.05, 4.69) is 21.4 Å². The molecule has 2 heterocycles. The van der Waals surface area contributed by atoms with E-state index >= 15 is 0 Å². The number of hydrogen-bond acceptors (Lipinski definition) is 6. The van der Waals surface area contributed by atoms with Crippen LogP contribution in [0.3, 0.4) is 0 Å². The van der Waals surface area contributed by atoms with E-state index in [1.54, 1.807) is 24.6 Å². The van der Waals surface area contributed by atoms with Gasteiger partial charge in [-0.1, -0.05) is 24.3 Å². The summed E-state index contributed by atoms with van der Waals surface area (Å²) in [4.78, 5) is 20.6. The second-order valence-electron chi connectivity index (χ2n) is 6.29. The molecule has 4 aromatic rings. The molecule has 0 saturated carbocycles. The molecule has 0 saturated heterocycles. The minimum atomic E-state index is 0.145. The van der Waals surface area contributed by atoms with Crippen LogP contribution >= 0.6 is 11.3 Å². The molecule has 0 atom stereocenters. The number of ketones is 1. The lowest BCUT2D eigenvalue weighted by atomic mass is 10.1. The van der Waals surface area contributed by atoms with Gasteiger partial charge in [-0.3, -0.25) is 9.78 Å². The number of nitrogens with one attached hydrogen (secondary N) is 1. The monoisotopic (exact) mass is 389 g/mol. The van der Waals surface area contributed by atoms with Gasteiger partial charge in [0, 0.05) is 29.4 Å². The maximum Gasteiger partial charge on any atom is 0.188 e. The van der Waals surface area contributed by atoms with Crippen molar-refractivity contribution in [3.05, 3.63) is 66.5 Å². The molecule has 6 heteroatoms. The number of nitrogens with zero attached hydrogens (tertiary/aromatic N) is 2. The Morgan fingerprint density at radius 2 is 1.89 bits per heavy atom. The molecule has 0 aliphatic heterocycles. The van der Waals surface area contributed by atoms with Crippen molar-refractivity contribution in [2.75, 3.05) is 12.4 Å². The van der Waals surface area contributed by atoms with Crippen LogP contribution in [0.25, 0.3) is 21.3 Å². The number of thiazole rings is 1. The number of carbonyl (C=O) groups is 1. The number of Topliss-reactive ketones (excluding diaryl/α,β-unsaturated/α-hetero) is 1. The summed E-state index contributed by atoms with van der Waals surface area (Å²) in [5.41, 5.74) is 4.64. The number of aromatic nitrogens is 2. The maximum atomic E-state index is 11.7. The maximum absolute atomic E-state index is 11.7. The van der Waals surface area contributed by atoms with Gasteiger partial charge in [-0.2, -0.15) is 0 Å². The number of pyridine rings is 1. The van der Waals surface area contributed by atoms with Crippen LogP contribution in [0.5, 0.6) is 5.75 Å². The van der Waals surface area contributed by atoms with Gasteiger partial charge in [0.15, 0.2) is 10.9 Å². The van der Waals surface area contributed by atoms with Gasteiger partial charge < -0.3 is 10.1 Å². The zero-order valence-corrected chi connectivity index (χ0v) is 16.4. The fourth-order valence-corrected chi connectivity index (χ4v) is 3.84. The summed E-state index contributed by atoms with van der Waals surface area (Å²) in [7, 11) is 1.63. The highest BCUT2D eigenvalue weighted by atomic mass is 32.1. The number of anilines is 2. The van der Waals surface area contributed by atoms with Gasteiger partial charge in [-0.05, 0) is 48.0 Å². The molecule has 2 aromatic carbocycles. The number of carbonyl (C=O) groups excluding carboxylic acids is 1. The zero-order chi connectivity index (χ0) is 19.5. The number of hydrogen-bond donors (Lipinski definition) is 1. The molecule has 28 heavy (non-hydrogen) atoms. The Morgan fingerprint density at radius 3 is 2.64 bits per heavy atom. The highest BCUT2D eigenvalue weighted by Gasteiger charge is 2.08. The van der Waals surface area contributed by atoms with Gasteiger partial charge in [0.1, 0.15) is 5.75 Å². The Kier molecular flexibility index (Phi) is 5.04. The molecule has 5 nitrogen and oxygen atoms in total. The standard InChI is InChI=1S/C22H19N3O2S/c1-3-20(26)14-4-7-17(8-5-14)24-22-25-19-9-6-15(11-21(19)28-22)16-10-18(27-2)13-23-12-16/h4-13H,3H2,1-2H3,(H,24,25). The van der Waals surface area contributed by atoms with E-state index in [0.717, 1.165) is 43.5 Å². The van der Waals surface area contributed by atoms with Gasteiger partial charge >= 0.3 is 0 Å². The van der Waals surface area contributed by atoms with Crippen LogP contribution in [-0.2, 0) is 0 Å². The smallest absolute Gasteiger partial charge is 0.188 e. The van der Waals surface area contributed by atoms with Crippen molar-refractivity contribution in [1.82, 2.24) is 9.97 Å². The first kappa shape index (κ1) is 18.1. The average Bonchev–Trinajstić information content (AvgIpc) is 3.15. The molecule has 1 N–H and O–H groups in total. The summed E-state index contributed by atoms with van der Waals surface area (Å²) in [6.45, 7) is 1.87. The van der Waals surface area contributed by atoms with Crippen molar-refractivity contribution in [3.8, 4) is 16.9 Å². The van der Waals surface area contributed by atoms with E-state index in [9.17, 15) is 4.79 Å². The molecule has 4 rings (SSSR count). The summed E-state index contributed by atoms with van der Waals surface area (Å²) < 4.78 is 6.35. The number of benzene rings is 2. The first-order valence-electron chi connectivity index (χ1n) is 8.96. The van der Waals surface area contributed by atoms with E-state index < -0.39 is 0 Å². The molecule has 0 bridgehead atoms. The van der Waals surface area contributed by atoms with Crippen LogP contribution in [0.2, 0.25) is 0 Å². The van der Waals surface area contributed by atoms with Crippen LogP contribution in [0, 0.1) is 0 Å². The van der Waals surface area contributed by atoms with Crippen LogP contribution < -0.4 is 10.1 Å². The van der Waals surface area contributed by atoms with Gasteiger partial charge in [-0.25, -0.2) is 4.98 Å². The fourth-order valence-electron chi connectivity index (χ4n) is 2.91. The number of rotatable bonds is 6. The van der Waals surface area contributed by atoms with Gasteiger partial charge in [0.2, 0.25) is 0 Å². The topological polar surface area (TPSA) is 64.1 Å². The molecule has 0 spiro atoms. The number of fused-ring (bicyclic) bond motifs is 1. The summed E-state index contributed by atoms with van der Waals surface area (Å²) in [6, 6.07) is 15.6. The van der Waals surface area contributed by atoms with Gasteiger partial charge in [-0.15, -0.1) is 0 Å². The Labute approximate surface area is 167 Å². The predicted octanol–water partition coefficient (Wildman–Crippen LogP) is 5.70. The van der Waals surface area contributed by atoms with Crippen molar-refractivity contribution in [3.63, 3.8) is 0 Å². The molecule has 0 unspecified atom stereocenters. The zero-order valence-electron chi connectivity index (χ0n) is 15.6. The SMILES string of the molecule is CCC(=O)c1ccc(Nc2nc3ccc(-c4cncc(OC)c4)cc3s2)cc1. The molecule has 2 aromatic heterocycles. The molecule has 140 valence electrons. The predicted molar refractivity (Wildman–Crippen MR) is 114 cm³/mol. The Bertz CT molecular complexity index is 1140. The number of methoxy groups -OCH3 is 1. The second kappa shape index (κ2) is 7.78. The van der Waals surface area contributed by atoms with Crippen LogP contribution in [0.1, 0.15) is 23.7 Å². The summed E-state index contributed by atoms with van der Waals surface area (Å²) in [5.74, 6) is 0.875. The minimum absolute atomic E-state index is 0.145. The first-order chi connectivity index (χ1) is 13.7. The van der Waals surface area contributed by atoms with Crippen LogP contribution in [0.4, 0.5) is 10.8 Å². The second-order valence-corrected chi connectivity index (χ2v) is 7.32. The number of ether oxygens (including phenoxy) is 1. The van der Waals surface area contributed by atoms with Gasteiger partial charge in [0.25, 0.3) is 0 Å². The van der Waals surface area contributed by atoms with Gasteiger partial charge in [0.05, 0.1) is 23.5 Å². The molecule has 0 amide bonds. The molecule has 0 aliphatic rings. The van der Waals surface area contributed by atoms with Crippen molar-refractivity contribution in [1.29, 1.82) is 0 Å².